The molecule has 1 atom stereocenters. The van der Waals surface area contributed by atoms with Gasteiger partial charge in [-0.1, -0.05) is 17.7 Å². The molecule has 2 heterocycles. The molecule has 1 aliphatic rings. The monoisotopic (exact) mass is 253 g/mol. The SMILES string of the molecule is Cc1ccc(O)c(C2=CC(c3ccccn3)NN2)c1. The highest BCUT2D eigenvalue weighted by Crippen LogP contribution is 2.29. The predicted octanol–water partition coefficient (Wildman–Crippen LogP) is 2.29. The van der Waals surface area contributed by atoms with Crippen molar-refractivity contribution in [3.05, 3.63) is 65.5 Å². The summed E-state index contributed by atoms with van der Waals surface area (Å²) in [6, 6.07) is 11.4. The second kappa shape index (κ2) is 4.74. The van der Waals surface area contributed by atoms with Crippen molar-refractivity contribution < 1.29 is 5.11 Å². The molecule has 3 N–H and O–H groups in total. The summed E-state index contributed by atoms with van der Waals surface area (Å²) in [6.07, 6.45) is 3.80. The fourth-order valence-electron chi connectivity index (χ4n) is 2.15. The van der Waals surface area contributed by atoms with E-state index in [1.165, 1.54) is 0 Å². The minimum atomic E-state index is 0.0103. The first kappa shape index (κ1) is 11.7. The van der Waals surface area contributed by atoms with E-state index in [4.69, 9.17) is 0 Å². The molecular formula is C15H15N3O. The Bertz CT molecular complexity index is 623. The van der Waals surface area contributed by atoms with Gasteiger partial charge in [0.1, 0.15) is 5.75 Å². The van der Waals surface area contributed by atoms with Gasteiger partial charge in [0, 0.05) is 11.8 Å². The molecule has 0 aliphatic carbocycles. The lowest BCUT2D eigenvalue weighted by atomic mass is 10.1. The molecule has 2 aromatic rings. The average molecular weight is 253 g/mol. The van der Waals surface area contributed by atoms with Gasteiger partial charge in [-0.3, -0.25) is 4.98 Å². The van der Waals surface area contributed by atoms with E-state index in [-0.39, 0.29) is 11.8 Å². The van der Waals surface area contributed by atoms with Crippen LogP contribution in [0.15, 0.2) is 48.7 Å². The summed E-state index contributed by atoms with van der Waals surface area (Å²) in [5, 5.41) is 9.93. The van der Waals surface area contributed by atoms with Gasteiger partial charge < -0.3 is 10.5 Å². The van der Waals surface area contributed by atoms with E-state index in [0.29, 0.717) is 0 Å². The van der Waals surface area contributed by atoms with Crippen molar-refractivity contribution in [3.63, 3.8) is 0 Å². The lowest BCUT2D eigenvalue weighted by molar-refractivity contribution is 0.472. The molecule has 0 saturated carbocycles. The molecule has 96 valence electrons. The van der Waals surface area contributed by atoms with E-state index in [1.807, 2.05) is 43.3 Å². The van der Waals surface area contributed by atoms with Gasteiger partial charge in [-0.2, -0.15) is 0 Å². The van der Waals surface area contributed by atoms with Gasteiger partial charge in [0.05, 0.1) is 17.4 Å². The summed E-state index contributed by atoms with van der Waals surface area (Å²) < 4.78 is 0. The molecule has 0 spiro atoms. The second-order valence-corrected chi connectivity index (χ2v) is 4.60. The first-order valence-electron chi connectivity index (χ1n) is 6.18. The molecule has 0 radical (unpaired) electrons. The van der Waals surface area contributed by atoms with E-state index in [2.05, 4.69) is 15.8 Å². The molecule has 0 bridgehead atoms. The van der Waals surface area contributed by atoms with Gasteiger partial charge >= 0.3 is 0 Å². The van der Waals surface area contributed by atoms with Crippen molar-refractivity contribution in [2.24, 2.45) is 0 Å². The number of hydrazine groups is 1. The van der Waals surface area contributed by atoms with Crippen LogP contribution in [0.25, 0.3) is 5.70 Å². The third-order valence-corrected chi connectivity index (χ3v) is 3.14. The number of phenolic OH excluding ortho intramolecular Hbond substituents is 1. The van der Waals surface area contributed by atoms with Crippen LogP contribution >= 0.6 is 0 Å². The highest BCUT2D eigenvalue weighted by atomic mass is 16.3. The Balaban J connectivity index is 1.93. The number of rotatable bonds is 2. The molecule has 4 nitrogen and oxygen atoms in total. The van der Waals surface area contributed by atoms with Crippen LogP contribution < -0.4 is 10.9 Å². The summed E-state index contributed by atoms with van der Waals surface area (Å²) in [7, 11) is 0. The largest absolute Gasteiger partial charge is 0.507 e. The summed E-state index contributed by atoms with van der Waals surface area (Å²) in [5.74, 6) is 0.271. The van der Waals surface area contributed by atoms with Crippen LogP contribution in [-0.2, 0) is 0 Å². The molecule has 19 heavy (non-hydrogen) atoms. The van der Waals surface area contributed by atoms with Crippen LogP contribution in [0, 0.1) is 6.92 Å². The number of aromatic hydroxyl groups is 1. The quantitative estimate of drug-likeness (QED) is 0.768. The molecule has 1 aromatic carbocycles. The number of hydrogen-bond acceptors (Lipinski definition) is 4. The Labute approximate surface area is 111 Å². The lowest BCUT2D eigenvalue weighted by Crippen LogP contribution is -2.26. The summed E-state index contributed by atoms with van der Waals surface area (Å²) in [6.45, 7) is 2.00. The number of nitrogens with zero attached hydrogens (tertiary/aromatic N) is 1. The molecule has 0 saturated heterocycles. The van der Waals surface area contributed by atoms with Crippen molar-refractivity contribution in [3.8, 4) is 5.75 Å². The second-order valence-electron chi connectivity index (χ2n) is 4.60. The summed E-state index contributed by atoms with van der Waals surface area (Å²) in [4.78, 5) is 4.32. The maximum absolute atomic E-state index is 9.93. The zero-order chi connectivity index (χ0) is 13.2. The van der Waals surface area contributed by atoms with Gasteiger partial charge in [0.25, 0.3) is 0 Å². The van der Waals surface area contributed by atoms with Crippen molar-refractivity contribution in [1.29, 1.82) is 0 Å². The number of pyridine rings is 1. The average Bonchev–Trinajstić information content (AvgIpc) is 2.92. The zero-order valence-electron chi connectivity index (χ0n) is 10.6. The summed E-state index contributed by atoms with van der Waals surface area (Å²) in [5.41, 5.74) is 9.97. The number of nitrogens with one attached hydrogen (secondary N) is 2. The van der Waals surface area contributed by atoms with E-state index in [9.17, 15) is 5.11 Å². The molecule has 4 heteroatoms. The van der Waals surface area contributed by atoms with E-state index >= 15 is 0 Å². The van der Waals surface area contributed by atoms with Crippen LogP contribution in [0.3, 0.4) is 0 Å². The van der Waals surface area contributed by atoms with Gasteiger partial charge in [-0.05, 0) is 37.3 Å². The minimum absolute atomic E-state index is 0.0103. The van der Waals surface area contributed by atoms with E-state index in [1.54, 1.807) is 12.3 Å². The Morgan fingerprint density at radius 1 is 1.21 bits per heavy atom. The molecule has 1 aliphatic heterocycles. The van der Waals surface area contributed by atoms with Crippen molar-refractivity contribution in [1.82, 2.24) is 15.8 Å². The molecular weight excluding hydrogens is 238 g/mol. The molecule has 0 amide bonds. The maximum Gasteiger partial charge on any atom is 0.124 e. The Hall–Kier alpha value is -2.33. The first-order chi connectivity index (χ1) is 9.24. The number of aromatic nitrogens is 1. The van der Waals surface area contributed by atoms with Crippen LogP contribution in [-0.4, -0.2) is 10.1 Å². The topological polar surface area (TPSA) is 57.2 Å². The third-order valence-electron chi connectivity index (χ3n) is 3.14. The molecule has 3 rings (SSSR count). The van der Waals surface area contributed by atoms with Crippen LogP contribution in [0.5, 0.6) is 5.75 Å². The van der Waals surface area contributed by atoms with E-state index in [0.717, 1.165) is 22.5 Å². The maximum atomic E-state index is 9.93. The number of aryl methyl sites for hydroxylation is 1. The minimum Gasteiger partial charge on any atom is -0.507 e. The first-order valence-corrected chi connectivity index (χ1v) is 6.18. The number of hydrogen-bond donors (Lipinski definition) is 3. The predicted molar refractivity (Wildman–Crippen MR) is 74.1 cm³/mol. The fraction of sp³-hybridized carbons (Fsp3) is 0.133. The highest BCUT2D eigenvalue weighted by molar-refractivity contribution is 5.71. The van der Waals surface area contributed by atoms with Gasteiger partial charge in [-0.15, -0.1) is 0 Å². The van der Waals surface area contributed by atoms with Crippen molar-refractivity contribution in [2.75, 3.05) is 0 Å². The number of benzene rings is 1. The zero-order valence-corrected chi connectivity index (χ0v) is 10.6. The van der Waals surface area contributed by atoms with Gasteiger partial charge in [0.2, 0.25) is 0 Å². The smallest absolute Gasteiger partial charge is 0.124 e. The van der Waals surface area contributed by atoms with Gasteiger partial charge in [-0.25, -0.2) is 5.43 Å². The van der Waals surface area contributed by atoms with Gasteiger partial charge in [0.15, 0.2) is 0 Å². The lowest BCUT2D eigenvalue weighted by Gasteiger charge is -2.08. The highest BCUT2D eigenvalue weighted by Gasteiger charge is 2.19. The standard InChI is InChI=1S/C15H15N3O/c1-10-5-6-15(19)11(8-10)13-9-14(18-17-13)12-4-2-3-7-16-12/h2-9,14,17-19H,1H3. The van der Waals surface area contributed by atoms with Crippen molar-refractivity contribution in [2.45, 2.75) is 13.0 Å². The molecule has 1 aromatic heterocycles. The van der Waals surface area contributed by atoms with Crippen LogP contribution in [0.1, 0.15) is 22.9 Å². The Kier molecular flexibility index (Phi) is 2.93. The van der Waals surface area contributed by atoms with Crippen LogP contribution in [0.4, 0.5) is 0 Å². The summed E-state index contributed by atoms with van der Waals surface area (Å²) >= 11 is 0. The van der Waals surface area contributed by atoms with E-state index < -0.39 is 0 Å². The third kappa shape index (κ3) is 2.30. The Morgan fingerprint density at radius 3 is 2.89 bits per heavy atom. The Morgan fingerprint density at radius 2 is 2.11 bits per heavy atom. The number of phenols is 1. The van der Waals surface area contributed by atoms with Crippen molar-refractivity contribution >= 4 is 5.70 Å². The molecule has 0 fully saturated rings. The fourth-order valence-corrected chi connectivity index (χ4v) is 2.15. The van der Waals surface area contributed by atoms with Crippen LogP contribution in [0.2, 0.25) is 0 Å². The normalized spacial score (nSPS) is 17.9. The molecule has 1 unspecified atom stereocenters.